The van der Waals surface area contributed by atoms with Crippen molar-refractivity contribution >= 4 is 68.0 Å². The Bertz CT molecular complexity index is 3050. The molecule has 72 heavy (non-hydrogen) atoms. The summed E-state index contributed by atoms with van der Waals surface area (Å²) in [5.41, 5.74) is 10.1. The summed E-state index contributed by atoms with van der Waals surface area (Å²) in [6.45, 7) is 11.3. The van der Waals surface area contributed by atoms with Gasteiger partial charge in [-0.15, -0.1) is 0 Å². The number of nitrogens with one attached hydrogen (secondary N) is 2. The van der Waals surface area contributed by atoms with E-state index in [1.807, 2.05) is 52.8 Å². The van der Waals surface area contributed by atoms with E-state index >= 15 is 0 Å². The average molecular weight is 1060 g/mol. The van der Waals surface area contributed by atoms with Crippen molar-refractivity contribution in [2.75, 3.05) is 43.4 Å². The number of anilines is 2. The van der Waals surface area contributed by atoms with Crippen LogP contribution in [0.1, 0.15) is 103 Å². The molecule has 22 nitrogen and oxygen atoms in total. The normalized spacial score (nSPS) is 22.0. The third-order valence-electron chi connectivity index (χ3n) is 13.6. The lowest BCUT2D eigenvalue weighted by Gasteiger charge is -2.25. The van der Waals surface area contributed by atoms with E-state index in [1.54, 1.807) is 12.1 Å². The number of aliphatic hydroxyl groups excluding tert-OH is 2. The number of allylic oxidation sites excluding steroid dienone is 4. The van der Waals surface area contributed by atoms with Crippen LogP contribution in [-0.2, 0) is 49.7 Å². The third kappa shape index (κ3) is 11.8. The van der Waals surface area contributed by atoms with E-state index in [1.165, 1.54) is 41.5 Å². The molecule has 0 bridgehead atoms. The molecule has 5 atom stereocenters. The highest BCUT2D eigenvalue weighted by Crippen LogP contribution is 2.49. The second-order valence-electron chi connectivity index (χ2n) is 19.2. The highest BCUT2D eigenvalue weighted by molar-refractivity contribution is 7.86. The molecular weight excluding hydrogens is 994 g/mol. The fourth-order valence-electron chi connectivity index (χ4n) is 9.69. The molecule has 0 aliphatic carbocycles. The van der Waals surface area contributed by atoms with Crippen molar-refractivity contribution < 1.29 is 64.2 Å². The molecule has 0 spiro atoms. The fraction of sp³-hybridized carbons (Fsp3) is 0.511. The zero-order valence-electron chi connectivity index (χ0n) is 40.9. The molecule has 9 N–H and O–H groups in total. The number of ether oxygens (including phenoxy) is 1. The number of aliphatic hydroxyl groups is 2. The van der Waals surface area contributed by atoms with Crippen LogP contribution < -0.4 is 21.0 Å². The molecule has 7 rings (SSSR count). The van der Waals surface area contributed by atoms with Crippen LogP contribution in [-0.4, -0.2) is 128 Å². The predicted octanol–water partition coefficient (Wildman–Crippen LogP) is 4.80. The maximum absolute atomic E-state index is 12.7. The van der Waals surface area contributed by atoms with Crippen LogP contribution in [0.2, 0.25) is 0 Å². The zero-order valence-corrected chi connectivity index (χ0v) is 43.4. The van der Waals surface area contributed by atoms with Gasteiger partial charge in [0.15, 0.2) is 23.4 Å². The predicted molar refractivity (Wildman–Crippen MR) is 268 cm³/mol. The van der Waals surface area contributed by atoms with E-state index in [0.29, 0.717) is 50.8 Å². The van der Waals surface area contributed by atoms with Gasteiger partial charge in [0.05, 0.1) is 28.1 Å². The Labute approximate surface area is 419 Å². The van der Waals surface area contributed by atoms with Gasteiger partial charge in [0, 0.05) is 67.0 Å². The lowest BCUT2D eigenvalue weighted by atomic mass is 9.81. The number of imidazole rings is 1. The van der Waals surface area contributed by atoms with Crippen LogP contribution in [0.25, 0.3) is 11.2 Å². The second kappa shape index (κ2) is 21.9. The molecule has 1 saturated heterocycles. The molecule has 0 saturated carbocycles. The van der Waals surface area contributed by atoms with Crippen LogP contribution in [0.15, 0.2) is 82.8 Å². The largest absolute Gasteiger partial charge is 0.403 e. The number of fused-ring (bicyclic) bond motifs is 3. The molecule has 2 aromatic carbocycles. The number of rotatable bonds is 23. The molecule has 25 heteroatoms. The summed E-state index contributed by atoms with van der Waals surface area (Å²) >= 11 is 0. The Morgan fingerprint density at radius 2 is 1.57 bits per heavy atom. The van der Waals surface area contributed by atoms with Crippen LogP contribution in [0.4, 0.5) is 17.2 Å². The molecule has 392 valence electrons. The Balaban J connectivity index is 0.846. The molecular formula is C47H65N9O13PS2+. The lowest BCUT2D eigenvalue weighted by molar-refractivity contribution is -0.438. The van der Waals surface area contributed by atoms with Crippen molar-refractivity contribution in [2.45, 2.75) is 131 Å². The number of hydrogen-bond donors (Lipinski definition) is 8. The van der Waals surface area contributed by atoms with Crippen LogP contribution in [0.3, 0.4) is 0 Å². The molecule has 3 aliphatic heterocycles. The van der Waals surface area contributed by atoms with Crippen molar-refractivity contribution in [3.63, 3.8) is 0 Å². The molecule has 1 unspecified atom stereocenters. The highest BCUT2D eigenvalue weighted by Gasteiger charge is 2.47. The van der Waals surface area contributed by atoms with Gasteiger partial charge in [0.25, 0.3) is 20.2 Å². The van der Waals surface area contributed by atoms with E-state index in [9.17, 15) is 50.4 Å². The molecule has 5 heterocycles. The molecule has 1 fully saturated rings. The summed E-state index contributed by atoms with van der Waals surface area (Å²) in [4.78, 5) is 36.9. The van der Waals surface area contributed by atoms with E-state index in [0.717, 1.165) is 59.6 Å². The zero-order chi connectivity index (χ0) is 52.4. The van der Waals surface area contributed by atoms with Gasteiger partial charge in [-0.3, -0.25) is 23.0 Å². The second-order valence-corrected chi connectivity index (χ2v) is 23.6. The number of carbonyl (C=O) groups excluding carboxylic acids is 1. The smallest absolute Gasteiger partial charge is 0.387 e. The van der Waals surface area contributed by atoms with Gasteiger partial charge in [0.2, 0.25) is 11.6 Å². The van der Waals surface area contributed by atoms with E-state index in [-0.39, 0.29) is 33.7 Å². The summed E-state index contributed by atoms with van der Waals surface area (Å²) in [6, 6.07) is 9.21. The van der Waals surface area contributed by atoms with Crippen molar-refractivity contribution in [2.24, 2.45) is 0 Å². The minimum atomic E-state index is -4.46. The summed E-state index contributed by atoms with van der Waals surface area (Å²) in [5.74, 6) is 0.0643. The third-order valence-corrected chi connectivity index (χ3v) is 16.4. The van der Waals surface area contributed by atoms with Gasteiger partial charge >= 0.3 is 7.75 Å². The van der Waals surface area contributed by atoms with Gasteiger partial charge in [-0.05, 0) is 88.4 Å². The van der Waals surface area contributed by atoms with E-state index in [4.69, 9.17) is 15.0 Å². The average Bonchev–Trinajstić information content (AvgIpc) is 3.99. The number of amides is 1. The maximum atomic E-state index is 12.7. The quantitative estimate of drug-likeness (QED) is 0.0214. The number of nitrogens with two attached hydrogens (primary N) is 1. The van der Waals surface area contributed by atoms with Crippen molar-refractivity contribution in [3.8, 4) is 0 Å². The first-order valence-corrected chi connectivity index (χ1v) is 28.3. The van der Waals surface area contributed by atoms with Gasteiger partial charge in [-0.1, -0.05) is 32.8 Å². The number of hydrogen-bond acceptors (Lipinski definition) is 15. The van der Waals surface area contributed by atoms with Gasteiger partial charge in [-0.25, -0.2) is 24.6 Å². The maximum Gasteiger partial charge on any atom is 0.403 e. The van der Waals surface area contributed by atoms with Crippen LogP contribution in [0, 0.1) is 0 Å². The van der Waals surface area contributed by atoms with Gasteiger partial charge in [-0.2, -0.15) is 21.4 Å². The summed E-state index contributed by atoms with van der Waals surface area (Å²) in [6.07, 6.45) is 8.62. The summed E-state index contributed by atoms with van der Waals surface area (Å²) in [7, 11) is -13.1. The number of likely N-dealkylation sites (N-methyl/N-ethyl adjacent to an activating group) is 1. The highest BCUT2D eigenvalue weighted by atomic mass is 32.2. The molecule has 2 aromatic heterocycles. The topological polar surface area (TPSA) is 322 Å². The molecule has 3 aliphatic rings. The minimum absolute atomic E-state index is 0.0665. The first kappa shape index (κ1) is 54.8. The first-order chi connectivity index (χ1) is 33.9. The van der Waals surface area contributed by atoms with E-state index < -0.39 is 70.0 Å². The van der Waals surface area contributed by atoms with Crippen LogP contribution in [0.5, 0.6) is 0 Å². The summed E-state index contributed by atoms with van der Waals surface area (Å²) < 4.78 is 95.2. The molecule has 0 radical (unpaired) electrons. The van der Waals surface area contributed by atoms with Crippen molar-refractivity contribution in [1.82, 2.24) is 29.9 Å². The van der Waals surface area contributed by atoms with E-state index in [2.05, 4.69) is 34.8 Å². The van der Waals surface area contributed by atoms with Gasteiger partial charge in [0.1, 0.15) is 36.7 Å². The monoisotopic (exact) mass is 1060 g/mol. The van der Waals surface area contributed by atoms with Crippen molar-refractivity contribution in [3.05, 3.63) is 84.1 Å². The van der Waals surface area contributed by atoms with Gasteiger partial charge < -0.3 is 35.8 Å². The Morgan fingerprint density at radius 3 is 2.26 bits per heavy atom. The SMILES string of the molecule is CCN1C(=CC=CC2=[N+](CCCCCC(=O)NCCCCCCNP(=O)(O)OC[C@H]3O[C@@H](n4cnc5c(N)ncnc54)[C@H](O)[C@@H]3O)c3ccc(S(=O)(=O)O)cc3C2(C)C)C(C)(C)c2cc(S(=O)(=O)O)ccc21. The number of nitrogens with zero attached hydrogens (tertiary/aromatic N) is 6. The van der Waals surface area contributed by atoms with Crippen molar-refractivity contribution in [1.29, 1.82) is 0 Å². The molecule has 1 amide bonds. The standard InChI is InChI=1S/C47H64N9O13PS2/c1-6-54-34-20-18-30(71(62,63)64)25-32(34)46(2,3)37(54)15-14-16-38-47(4,5)33-26-31(72(65,66)67)19-21-35(33)55(38)24-13-9-10-17-39(57)49-22-11-7-8-12-23-53-70(60,61)68-27-36-41(58)42(59)45(69-36)56-29-52-40-43(48)50-28-51-44(40)56/h14-16,18-21,25-26,28-29,36,41-42,45,58-59H,6-13,17,22-24,27H2,1-5H3,(H6-,48,49,50,51,53,57,60,61,62,63,64,65,66,67)/p+1/t36-,41-,42-,45-/m1/s1. The Kier molecular flexibility index (Phi) is 16.6. The first-order valence-electron chi connectivity index (χ1n) is 23.9. The number of aromatic nitrogens is 4. The number of benzene rings is 2. The number of carbonyl (C=O) groups is 1. The van der Waals surface area contributed by atoms with Crippen LogP contribution >= 0.6 is 7.75 Å². The number of unbranched alkanes of at least 4 members (excludes halogenated alkanes) is 5. The Morgan fingerprint density at radius 1 is 0.903 bits per heavy atom. The number of nitrogen functional groups attached to an aromatic ring is 1. The molecule has 4 aromatic rings. The fourth-order valence-corrected chi connectivity index (χ4v) is 11.6. The minimum Gasteiger partial charge on any atom is -0.387 e. The lowest BCUT2D eigenvalue weighted by Crippen LogP contribution is -2.34. The Hall–Kier alpha value is -4.98. The summed E-state index contributed by atoms with van der Waals surface area (Å²) in [5, 5.41) is 26.7.